The van der Waals surface area contributed by atoms with Gasteiger partial charge in [0.05, 0.1) is 22.1 Å². The Balaban J connectivity index is 0.742. The molecule has 3 aromatic heterocycles. The average molecular weight is 1150 g/mol. The van der Waals surface area contributed by atoms with Gasteiger partial charge in [-0.1, -0.05) is 255 Å². The fraction of sp³-hybridized carbons (Fsp3) is 0. The molecule has 88 heavy (non-hydrogen) atoms. The molecule has 3 heterocycles. The van der Waals surface area contributed by atoms with Crippen LogP contribution in [0.4, 0.5) is 0 Å². The summed E-state index contributed by atoms with van der Waals surface area (Å²) in [7, 11) is -2.99. The Bertz CT molecular complexity index is 5740. The third-order valence-corrected chi connectivity index (χ3v) is 25.0. The second-order valence-electron chi connectivity index (χ2n) is 23.4. The molecule has 0 atom stereocenters. The predicted octanol–water partition coefficient (Wildman–Crippen LogP) is 20.1. The zero-order valence-corrected chi connectivity index (χ0v) is 49.8. The van der Waals surface area contributed by atoms with E-state index in [1.165, 1.54) is 150 Å². The average Bonchev–Trinajstić information content (AvgIpc) is 2.75. The number of aromatic nitrogens is 2. The van der Waals surface area contributed by atoms with Gasteiger partial charge in [-0.15, -0.1) is 11.3 Å². The summed E-state index contributed by atoms with van der Waals surface area (Å²) < 4.78 is 7.64. The Morgan fingerprint density at radius 1 is 0.239 bits per heavy atom. The fourth-order valence-electron chi connectivity index (χ4n) is 15.0. The molecule has 0 saturated carbocycles. The molecule has 0 radical (unpaired) electrons. The van der Waals surface area contributed by atoms with Gasteiger partial charge in [-0.25, -0.2) is 0 Å². The molecule has 0 aliphatic carbocycles. The minimum atomic E-state index is -2.99. The maximum Gasteiger partial charge on any atom is 0.181 e. The van der Waals surface area contributed by atoms with Crippen LogP contribution in [0.25, 0.3) is 141 Å². The standard InChI is InChI=1S/C84H54N2SSi/c1-3-24-62(25-4-1)88(63-26-5-2-6-27-63,82-42-20-37-73-72-34-13-16-41-81(72)87-84(73)82)64-28-18-23-61(54-64)86-77-38-14-11-33-71(77)76-53-59(46-50-79(76)86)65-36-19-40-80-83(65)74-35-12-15-39-78(74)85(80)60-47-43-55(44-48-60)56-21-17-22-57(51-56)58-45-49-70-68-31-8-7-29-66(68)67-30-9-10-32-69(67)75(70)52-58/h1-54H. The van der Waals surface area contributed by atoms with E-state index in [0.29, 0.717) is 0 Å². The van der Waals surface area contributed by atoms with Crippen molar-refractivity contribution in [3.05, 3.63) is 328 Å². The summed E-state index contributed by atoms with van der Waals surface area (Å²) in [6.07, 6.45) is 0. The molecule has 0 saturated heterocycles. The molecule has 0 aliphatic heterocycles. The highest BCUT2D eigenvalue weighted by molar-refractivity contribution is 7.30. The Morgan fingerprint density at radius 2 is 0.716 bits per heavy atom. The number of nitrogens with zero attached hydrogens (tertiary/aromatic N) is 2. The lowest BCUT2D eigenvalue weighted by Crippen LogP contribution is -2.74. The van der Waals surface area contributed by atoms with E-state index in [-0.39, 0.29) is 0 Å². The number of para-hydroxylation sites is 2. The van der Waals surface area contributed by atoms with Gasteiger partial charge in [-0.3, -0.25) is 0 Å². The second kappa shape index (κ2) is 20.1. The molecule has 15 aromatic carbocycles. The fourth-order valence-corrected chi connectivity index (χ4v) is 21.6. The van der Waals surface area contributed by atoms with Gasteiger partial charge in [0.15, 0.2) is 8.07 Å². The van der Waals surface area contributed by atoms with Crippen molar-refractivity contribution in [1.82, 2.24) is 9.13 Å². The van der Waals surface area contributed by atoms with E-state index in [4.69, 9.17) is 0 Å². The number of thiophene rings is 1. The van der Waals surface area contributed by atoms with Crippen molar-refractivity contribution in [2.45, 2.75) is 0 Å². The van der Waals surface area contributed by atoms with E-state index in [9.17, 15) is 0 Å². The van der Waals surface area contributed by atoms with Crippen LogP contribution in [0.3, 0.4) is 0 Å². The lowest BCUT2D eigenvalue weighted by molar-refractivity contribution is 1.18. The monoisotopic (exact) mass is 1150 g/mol. The van der Waals surface area contributed by atoms with Gasteiger partial charge in [-0.2, -0.15) is 0 Å². The highest BCUT2D eigenvalue weighted by atomic mass is 32.1. The van der Waals surface area contributed by atoms with Crippen LogP contribution in [0.15, 0.2) is 328 Å². The molecular weight excluding hydrogens is 1100 g/mol. The number of hydrogen-bond acceptors (Lipinski definition) is 1. The van der Waals surface area contributed by atoms with Gasteiger partial charge in [0.1, 0.15) is 0 Å². The minimum absolute atomic E-state index is 1.13. The largest absolute Gasteiger partial charge is 0.309 e. The lowest BCUT2D eigenvalue weighted by Gasteiger charge is -2.35. The van der Waals surface area contributed by atoms with Crippen molar-refractivity contribution in [3.63, 3.8) is 0 Å². The molecule has 18 aromatic rings. The van der Waals surface area contributed by atoms with Gasteiger partial charge in [0.2, 0.25) is 0 Å². The molecule has 0 fully saturated rings. The topological polar surface area (TPSA) is 9.86 Å². The van der Waals surface area contributed by atoms with Gasteiger partial charge in [-0.05, 0) is 159 Å². The van der Waals surface area contributed by atoms with Crippen LogP contribution in [0.5, 0.6) is 0 Å². The zero-order chi connectivity index (χ0) is 57.9. The number of rotatable bonds is 9. The summed E-state index contributed by atoms with van der Waals surface area (Å²) >= 11 is 1.93. The SMILES string of the molecule is c1ccc([Si](c2ccccc2)(c2cccc(-n3c4ccccc4c4cc(-c5cccc6c5c5ccccc5n6-c5ccc(-c6cccc(-c7ccc8c9ccccc9c9ccccc9c8c7)c6)cc5)ccc43)c2)c2cccc3c2sc2ccccc23)cc1. The Hall–Kier alpha value is -10.9. The van der Waals surface area contributed by atoms with Crippen LogP contribution in [0, 0.1) is 0 Å². The van der Waals surface area contributed by atoms with Gasteiger partial charge < -0.3 is 9.13 Å². The van der Waals surface area contributed by atoms with Gasteiger partial charge in [0.25, 0.3) is 0 Å². The van der Waals surface area contributed by atoms with Gasteiger partial charge >= 0.3 is 0 Å². The molecule has 4 heteroatoms. The molecule has 18 rings (SSSR count). The van der Waals surface area contributed by atoms with E-state index < -0.39 is 8.07 Å². The number of hydrogen-bond donors (Lipinski definition) is 0. The smallest absolute Gasteiger partial charge is 0.181 e. The number of benzene rings is 15. The minimum Gasteiger partial charge on any atom is -0.309 e. The summed E-state index contributed by atoms with van der Waals surface area (Å²) in [6, 6.07) is 123. The van der Waals surface area contributed by atoms with E-state index in [2.05, 4.69) is 337 Å². The van der Waals surface area contributed by atoms with Crippen LogP contribution in [0.1, 0.15) is 0 Å². The van der Waals surface area contributed by atoms with Crippen LogP contribution in [-0.2, 0) is 0 Å². The molecule has 0 bridgehead atoms. The molecule has 2 nitrogen and oxygen atoms in total. The highest BCUT2D eigenvalue weighted by Gasteiger charge is 2.43. The third kappa shape index (κ3) is 7.66. The normalized spacial score (nSPS) is 12.1. The van der Waals surface area contributed by atoms with Crippen molar-refractivity contribution in [2.75, 3.05) is 0 Å². The van der Waals surface area contributed by atoms with E-state index >= 15 is 0 Å². The quantitative estimate of drug-likeness (QED) is 0.0774. The first-order valence-corrected chi connectivity index (χ1v) is 33.2. The third-order valence-electron chi connectivity index (χ3n) is 18.8. The Morgan fingerprint density at radius 3 is 1.44 bits per heavy atom. The Labute approximate surface area is 514 Å². The molecule has 0 spiro atoms. The van der Waals surface area contributed by atoms with Crippen molar-refractivity contribution in [2.24, 2.45) is 0 Å². The molecular formula is C84H54N2SSi. The molecule has 0 amide bonds. The van der Waals surface area contributed by atoms with Crippen LogP contribution < -0.4 is 20.7 Å². The molecule has 0 unspecified atom stereocenters. The predicted molar refractivity (Wildman–Crippen MR) is 380 cm³/mol. The summed E-state index contributed by atoms with van der Waals surface area (Å²) in [5, 5.41) is 20.8. The maximum atomic E-state index is 2.52. The zero-order valence-electron chi connectivity index (χ0n) is 48.0. The van der Waals surface area contributed by atoms with Crippen LogP contribution in [-0.4, -0.2) is 17.2 Å². The van der Waals surface area contributed by atoms with Crippen LogP contribution in [0.2, 0.25) is 0 Å². The first kappa shape index (κ1) is 50.4. The highest BCUT2D eigenvalue weighted by Crippen LogP contribution is 2.43. The summed E-state index contributed by atoms with van der Waals surface area (Å²) in [6.45, 7) is 0. The van der Waals surface area contributed by atoms with E-state index in [1.54, 1.807) is 0 Å². The molecule has 410 valence electrons. The van der Waals surface area contributed by atoms with Crippen molar-refractivity contribution >= 4 is 136 Å². The molecule has 0 aliphatic rings. The van der Waals surface area contributed by atoms with Gasteiger partial charge in [0, 0.05) is 53.1 Å². The second-order valence-corrected chi connectivity index (χ2v) is 28.3. The van der Waals surface area contributed by atoms with Crippen molar-refractivity contribution in [3.8, 4) is 44.8 Å². The first-order chi connectivity index (χ1) is 43.7. The Kier molecular flexibility index (Phi) is 11.5. The first-order valence-electron chi connectivity index (χ1n) is 30.4. The summed E-state index contributed by atoms with van der Waals surface area (Å²) in [5.41, 5.74) is 14.2. The number of fused-ring (bicyclic) bond motifs is 15. The summed E-state index contributed by atoms with van der Waals surface area (Å²) in [4.78, 5) is 0. The van der Waals surface area contributed by atoms with E-state index in [0.717, 1.165) is 11.4 Å². The van der Waals surface area contributed by atoms with E-state index in [1.807, 2.05) is 11.3 Å². The molecule has 0 N–H and O–H groups in total. The lowest BCUT2D eigenvalue weighted by atomic mass is 9.91. The van der Waals surface area contributed by atoms with Crippen molar-refractivity contribution < 1.29 is 0 Å². The summed E-state index contributed by atoms with van der Waals surface area (Å²) in [5.74, 6) is 0. The van der Waals surface area contributed by atoms with Crippen LogP contribution >= 0.6 is 11.3 Å². The van der Waals surface area contributed by atoms with Crippen molar-refractivity contribution in [1.29, 1.82) is 0 Å². The maximum absolute atomic E-state index is 2.99.